The van der Waals surface area contributed by atoms with Gasteiger partial charge in [-0.2, -0.15) is 0 Å². The molecule has 216 valence electrons. The maximum Gasteiger partial charge on any atom is 0.494 e. The van der Waals surface area contributed by atoms with E-state index in [0.717, 1.165) is 11.1 Å². The molecule has 43 heavy (non-hydrogen) atoms. The molecule has 0 radical (unpaired) electrons. The molecule has 5 aromatic rings. The summed E-state index contributed by atoms with van der Waals surface area (Å²) in [5.74, 6) is 0. The van der Waals surface area contributed by atoms with E-state index < -0.39 is 43.8 Å². The van der Waals surface area contributed by atoms with Crippen molar-refractivity contribution >= 4 is 12.6 Å². The normalized spacial score (nSPS) is 19.6. The van der Waals surface area contributed by atoms with Gasteiger partial charge in [0.15, 0.2) is 0 Å². The SMILES string of the molecule is [2H]C([2H])(c1ccc(-c2ccccc2)nc1)C([2H])([2H])c1cc(B2OC(C)(C)C(C)(C)O2)cc(C([2H])([2H])C([2H])([2H])c2ccc(-c3ccccc3)nc2)c1. The molecule has 2 aromatic heterocycles. The fourth-order valence-corrected chi connectivity index (χ4v) is 4.69. The van der Waals surface area contributed by atoms with Crippen LogP contribution in [-0.2, 0) is 34.8 Å². The number of hydrogen-bond donors (Lipinski definition) is 0. The van der Waals surface area contributed by atoms with Crippen LogP contribution in [0.2, 0.25) is 0 Å². The van der Waals surface area contributed by atoms with E-state index >= 15 is 0 Å². The second kappa shape index (κ2) is 12.3. The number of nitrogens with zero attached hydrogens (tertiary/aromatic N) is 2. The summed E-state index contributed by atoms with van der Waals surface area (Å²) in [6.07, 6.45) is -8.18. The summed E-state index contributed by atoms with van der Waals surface area (Å²) >= 11 is 0. The highest BCUT2D eigenvalue weighted by atomic mass is 16.7. The Hall–Kier alpha value is -4.06. The van der Waals surface area contributed by atoms with Crippen LogP contribution in [0.3, 0.4) is 0 Å². The Morgan fingerprint density at radius 3 is 1.37 bits per heavy atom. The second-order valence-corrected chi connectivity index (χ2v) is 11.5. The predicted molar refractivity (Wildman–Crippen MR) is 176 cm³/mol. The van der Waals surface area contributed by atoms with Gasteiger partial charge in [-0.15, -0.1) is 0 Å². The van der Waals surface area contributed by atoms with Gasteiger partial charge in [0.05, 0.1) is 22.6 Å². The molecule has 0 N–H and O–H groups in total. The molecule has 6 rings (SSSR count). The number of hydrogen-bond acceptors (Lipinski definition) is 4. The molecular weight excluding hydrogens is 527 g/mol. The minimum atomic E-state index is -2.75. The molecule has 1 aliphatic rings. The highest BCUT2D eigenvalue weighted by Gasteiger charge is 2.51. The van der Waals surface area contributed by atoms with Gasteiger partial charge in [0.2, 0.25) is 0 Å². The highest BCUT2D eigenvalue weighted by molar-refractivity contribution is 6.62. The Labute approximate surface area is 267 Å². The maximum absolute atomic E-state index is 9.23. The fraction of sp³-hybridized carbons (Fsp3) is 0.263. The Bertz CT molecular complexity index is 1870. The van der Waals surface area contributed by atoms with Gasteiger partial charge in [0, 0.05) is 34.5 Å². The molecule has 5 heteroatoms. The first-order valence-corrected chi connectivity index (χ1v) is 14.3. The number of aromatic nitrogens is 2. The summed E-state index contributed by atoms with van der Waals surface area (Å²) in [6.45, 7) is 7.41. The van der Waals surface area contributed by atoms with E-state index in [2.05, 4.69) is 9.97 Å². The summed E-state index contributed by atoms with van der Waals surface area (Å²) in [6, 6.07) is 29.0. The van der Waals surface area contributed by atoms with Crippen molar-refractivity contribution in [2.75, 3.05) is 0 Å². The van der Waals surface area contributed by atoms with Gasteiger partial charge in [0.1, 0.15) is 0 Å². The van der Waals surface area contributed by atoms with E-state index in [9.17, 15) is 5.48 Å². The minimum Gasteiger partial charge on any atom is -0.399 e. The quantitative estimate of drug-likeness (QED) is 0.169. The van der Waals surface area contributed by atoms with Gasteiger partial charge in [-0.1, -0.05) is 91.0 Å². The van der Waals surface area contributed by atoms with Crippen molar-refractivity contribution in [3.63, 3.8) is 0 Å². The van der Waals surface area contributed by atoms with Crippen molar-refractivity contribution in [3.05, 3.63) is 138 Å². The highest BCUT2D eigenvalue weighted by Crippen LogP contribution is 2.36. The molecule has 0 bridgehead atoms. The summed E-state index contributed by atoms with van der Waals surface area (Å²) in [5, 5.41) is 0. The zero-order chi connectivity index (χ0) is 37.0. The summed E-state index contributed by atoms with van der Waals surface area (Å²) < 4.78 is 85.8. The molecule has 0 atom stereocenters. The van der Waals surface area contributed by atoms with Crippen LogP contribution in [0.15, 0.2) is 116 Å². The maximum atomic E-state index is 9.23. The lowest BCUT2D eigenvalue weighted by molar-refractivity contribution is 0.00578. The molecule has 3 heterocycles. The first-order valence-electron chi connectivity index (χ1n) is 18.3. The van der Waals surface area contributed by atoms with Crippen LogP contribution < -0.4 is 5.46 Å². The van der Waals surface area contributed by atoms with Crippen LogP contribution >= 0.6 is 0 Å². The van der Waals surface area contributed by atoms with Crippen molar-refractivity contribution in [1.29, 1.82) is 0 Å². The van der Waals surface area contributed by atoms with Gasteiger partial charge in [0.25, 0.3) is 0 Å². The average molecular weight is 575 g/mol. The third-order valence-corrected chi connectivity index (χ3v) is 7.85. The molecule has 0 amide bonds. The van der Waals surface area contributed by atoms with E-state index in [1.807, 2.05) is 88.4 Å². The number of rotatable bonds is 9. The van der Waals surface area contributed by atoms with Gasteiger partial charge >= 0.3 is 7.12 Å². The van der Waals surface area contributed by atoms with Crippen LogP contribution in [-0.4, -0.2) is 28.3 Å². The lowest BCUT2D eigenvalue weighted by atomic mass is 9.76. The Morgan fingerprint density at radius 2 is 0.977 bits per heavy atom. The van der Waals surface area contributed by atoms with Gasteiger partial charge in [-0.3, -0.25) is 9.97 Å². The molecule has 0 saturated carbocycles. The van der Waals surface area contributed by atoms with E-state index in [1.54, 1.807) is 12.1 Å². The van der Waals surface area contributed by atoms with E-state index in [-0.39, 0.29) is 27.7 Å². The average Bonchev–Trinajstić information content (AvgIpc) is 3.34. The molecule has 0 aliphatic carbocycles. The molecular formula is C38H39BN2O2. The smallest absolute Gasteiger partial charge is 0.399 e. The number of benzene rings is 3. The lowest BCUT2D eigenvalue weighted by Crippen LogP contribution is -2.41. The molecule has 4 nitrogen and oxygen atoms in total. The van der Waals surface area contributed by atoms with Gasteiger partial charge in [-0.25, -0.2) is 0 Å². The third-order valence-electron chi connectivity index (χ3n) is 7.85. The molecule has 0 unspecified atom stereocenters. The summed E-state index contributed by atoms with van der Waals surface area (Å²) in [5.41, 5.74) is 1.07. The number of aryl methyl sites for hydroxylation is 4. The topological polar surface area (TPSA) is 44.2 Å². The fourth-order valence-electron chi connectivity index (χ4n) is 4.69. The molecule has 3 aromatic carbocycles. The lowest BCUT2D eigenvalue weighted by Gasteiger charge is -2.32. The minimum absolute atomic E-state index is 0.0160. The monoisotopic (exact) mass is 574 g/mol. The molecule has 0 spiro atoms. The Kier molecular flexibility index (Phi) is 5.93. The van der Waals surface area contributed by atoms with Crippen molar-refractivity contribution in [3.8, 4) is 22.5 Å². The number of pyridine rings is 2. The van der Waals surface area contributed by atoms with Crippen LogP contribution in [0.4, 0.5) is 0 Å². The molecule has 1 fully saturated rings. The molecule has 1 aliphatic heterocycles. The first-order chi connectivity index (χ1) is 23.8. The van der Waals surface area contributed by atoms with Crippen molar-refractivity contribution < 1.29 is 20.3 Å². The zero-order valence-corrected chi connectivity index (χ0v) is 24.8. The Morgan fingerprint density at radius 1 is 0.558 bits per heavy atom. The second-order valence-electron chi connectivity index (χ2n) is 11.5. The van der Waals surface area contributed by atoms with Crippen molar-refractivity contribution in [2.24, 2.45) is 0 Å². The predicted octanol–water partition coefficient (Wildman–Crippen LogP) is 7.68. The summed E-state index contributed by atoms with van der Waals surface area (Å²) in [4.78, 5) is 8.84. The molecule has 1 saturated heterocycles. The van der Waals surface area contributed by atoms with E-state index in [4.69, 9.17) is 14.8 Å². The van der Waals surface area contributed by atoms with Crippen molar-refractivity contribution in [1.82, 2.24) is 9.97 Å². The van der Waals surface area contributed by atoms with Crippen LogP contribution in [0.25, 0.3) is 22.5 Å². The van der Waals surface area contributed by atoms with Crippen LogP contribution in [0.1, 0.15) is 60.9 Å². The van der Waals surface area contributed by atoms with E-state index in [0.29, 0.717) is 11.4 Å². The largest absolute Gasteiger partial charge is 0.494 e. The third kappa shape index (κ3) is 6.79. The van der Waals surface area contributed by atoms with Gasteiger partial charge in [-0.05, 0) is 93.0 Å². The van der Waals surface area contributed by atoms with E-state index in [1.165, 1.54) is 42.7 Å². The van der Waals surface area contributed by atoms with Crippen LogP contribution in [0, 0.1) is 0 Å². The van der Waals surface area contributed by atoms with Gasteiger partial charge < -0.3 is 9.31 Å². The van der Waals surface area contributed by atoms with Crippen LogP contribution in [0.5, 0.6) is 0 Å². The standard InChI is InChI=1S/C38H39BN2O2/c1-37(2)38(3,4)43-39(42-37)34-24-30(17-15-28-19-21-35(40-26-28)32-11-7-5-8-12-32)23-31(25-34)18-16-29-20-22-36(41-27-29)33-13-9-6-10-14-33/h5-14,19-27H,15-18H2,1-4H3/i15D2,16D2,17D2,18D2. The first kappa shape index (κ1) is 20.8. The zero-order valence-electron chi connectivity index (χ0n) is 32.8. The van der Waals surface area contributed by atoms with Crippen molar-refractivity contribution in [2.45, 2.75) is 64.4 Å². The Balaban J connectivity index is 1.43. The summed E-state index contributed by atoms with van der Waals surface area (Å²) in [7, 11) is -1.06.